The lowest BCUT2D eigenvalue weighted by Gasteiger charge is -2.13. The van der Waals surface area contributed by atoms with Crippen LogP contribution in [0.3, 0.4) is 0 Å². The van der Waals surface area contributed by atoms with E-state index in [1.165, 1.54) is 13.2 Å². The first-order valence-corrected chi connectivity index (χ1v) is 6.32. The number of anilines is 1. The van der Waals surface area contributed by atoms with E-state index in [4.69, 9.17) is 9.47 Å². The minimum Gasteiger partial charge on any atom is -0.490 e. The lowest BCUT2D eigenvalue weighted by Crippen LogP contribution is -2.19. The van der Waals surface area contributed by atoms with Gasteiger partial charge in [-0.25, -0.2) is 0 Å². The van der Waals surface area contributed by atoms with Crippen LogP contribution in [0.5, 0.6) is 5.75 Å². The van der Waals surface area contributed by atoms with E-state index in [0.29, 0.717) is 18.3 Å². The molecule has 104 valence electrons. The summed E-state index contributed by atoms with van der Waals surface area (Å²) in [6, 6.07) is 4.85. The van der Waals surface area contributed by atoms with Gasteiger partial charge in [0.2, 0.25) is 0 Å². The molecule has 1 aliphatic heterocycles. The summed E-state index contributed by atoms with van der Waals surface area (Å²) in [7, 11) is 1.42. The zero-order chi connectivity index (χ0) is 13.8. The molecule has 1 aliphatic rings. The highest BCUT2D eigenvalue weighted by Gasteiger charge is 2.22. The van der Waals surface area contributed by atoms with Gasteiger partial charge in [0.25, 0.3) is 0 Å². The van der Waals surface area contributed by atoms with Crippen LogP contribution in [0.15, 0.2) is 18.2 Å². The summed E-state index contributed by atoms with van der Waals surface area (Å²) in [5.74, 6) is 0.265. The number of hydrogen-bond donors (Lipinski definition) is 1. The molecule has 0 bridgehead atoms. The van der Waals surface area contributed by atoms with Gasteiger partial charge in [-0.3, -0.25) is 10.1 Å². The Kier molecular flexibility index (Phi) is 4.21. The molecule has 6 nitrogen and oxygen atoms in total. The fourth-order valence-corrected chi connectivity index (χ4v) is 2.21. The fraction of sp³-hybridized carbons (Fsp3) is 0.538. The number of benzene rings is 1. The zero-order valence-electron chi connectivity index (χ0n) is 11.1. The van der Waals surface area contributed by atoms with Gasteiger partial charge in [0.05, 0.1) is 24.2 Å². The van der Waals surface area contributed by atoms with Gasteiger partial charge in [-0.2, -0.15) is 0 Å². The van der Waals surface area contributed by atoms with E-state index in [0.717, 1.165) is 12.8 Å². The van der Waals surface area contributed by atoms with Crippen molar-refractivity contribution >= 4 is 11.4 Å². The summed E-state index contributed by atoms with van der Waals surface area (Å²) in [4.78, 5) is 10.5. The fourth-order valence-electron chi connectivity index (χ4n) is 2.21. The molecule has 1 aromatic carbocycles. The minimum atomic E-state index is -0.446. The molecule has 0 radical (unpaired) electrons. The van der Waals surface area contributed by atoms with Crippen LogP contribution in [0.2, 0.25) is 0 Å². The second-order valence-electron chi connectivity index (χ2n) is 4.67. The van der Waals surface area contributed by atoms with Gasteiger partial charge in [-0.05, 0) is 31.9 Å². The Balaban J connectivity index is 2.00. The predicted octanol–water partition coefficient (Wildman–Crippen LogP) is 2.58. The van der Waals surface area contributed by atoms with Crippen LogP contribution >= 0.6 is 0 Å². The van der Waals surface area contributed by atoms with E-state index < -0.39 is 4.92 Å². The quantitative estimate of drug-likeness (QED) is 0.655. The lowest BCUT2D eigenvalue weighted by molar-refractivity contribution is -0.385. The van der Waals surface area contributed by atoms with Crippen LogP contribution in [-0.2, 0) is 4.74 Å². The monoisotopic (exact) mass is 266 g/mol. The van der Waals surface area contributed by atoms with Crippen LogP contribution in [0.25, 0.3) is 0 Å². The maximum atomic E-state index is 10.9. The first-order chi connectivity index (χ1) is 9.10. The smallest absolute Gasteiger partial charge is 0.312 e. The molecule has 19 heavy (non-hydrogen) atoms. The highest BCUT2D eigenvalue weighted by atomic mass is 16.6. The minimum absolute atomic E-state index is 0.0341. The SMILES string of the molecule is COc1ccc(NCC2CCC(C)O2)cc1[N+](=O)[O-]. The van der Waals surface area contributed by atoms with Crippen molar-refractivity contribution < 1.29 is 14.4 Å². The maximum Gasteiger partial charge on any atom is 0.312 e. The first kappa shape index (κ1) is 13.6. The summed E-state index contributed by atoms with van der Waals surface area (Å²) in [5, 5.41) is 14.1. The third-order valence-electron chi connectivity index (χ3n) is 3.23. The number of nitrogens with zero attached hydrogens (tertiary/aromatic N) is 1. The zero-order valence-corrected chi connectivity index (χ0v) is 11.1. The second-order valence-corrected chi connectivity index (χ2v) is 4.67. The lowest BCUT2D eigenvalue weighted by atomic mass is 10.2. The van der Waals surface area contributed by atoms with Crippen molar-refractivity contribution in [2.45, 2.75) is 32.0 Å². The molecular formula is C13H18N2O4. The van der Waals surface area contributed by atoms with E-state index in [1.807, 2.05) is 0 Å². The highest BCUT2D eigenvalue weighted by molar-refractivity contribution is 5.58. The summed E-state index contributed by atoms with van der Waals surface area (Å²) in [6.07, 6.45) is 2.56. The Hall–Kier alpha value is -1.82. The Bertz CT molecular complexity index is 464. The molecule has 1 heterocycles. The van der Waals surface area contributed by atoms with Crippen molar-refractivity contribution in [3.8, 4) is 5.75 Å². The molecule has 2 rings (SSSR count). The molecule has 1 fully saturated rings. The number of hydrogen-bond acceptors (Lipinski definition) is 5. The Morgan fingerprint density at radius 1 is 1.53 bits per heavy atom. The van der Waals surface area contributed by atoms with Crippen molar-refractivity contribution in [2.75, 3.05) is 19.0 Å². The van der Waals surface area contributed by atoms with Gasteiger partial charge >= 0.3 is 5.69 Å². The number of rotatable bonds is 5. The molecule has 2 atom stereocenters. The molecule has 1 N–H and O–H groups in total. The number of methoxy groups -OCH3 is 1. The molecule has 0 aliphatic carbocycles. The molecule has 0 aromatic heterocycles. The van der Waals surface area contributed by atoms with Crippen LogP contribution in [0, 0.1) is 10.1 Å². The van der Waals surface area contributed by atoms with Crippen LogP contribution in [0.1, 0.15) is 19.8 Å². The van der Waals surface area contributed by atoms with E-state index in [2.05, 4.69) is 12.2 Å². The second kappa shape index (κ2) is 5.88. The molecule has 1 aromatic rings. The van der Waals surface area contributed by atoms with E-state index in [9.17, 15) is 10.1 Å². The molecule has 1 saturated heterocycles. The van der Waals surface area contributed by atoms with E-state index >= 15 is 0 Å². The number of ether oxygens (including phenoxy) is 2. The summed E-state index contributed by atoms with van der Waals surface area (Å²) < 4.78 is 10.6. The van der Waals surface area contributed by atoms with E-state index in [1.54, 1.807) is 12.1 Å². The highest BCUT2D eigenvalue weighted by Crippen LogP contribution is 2.30. The van der Waals surface area contributed by atoms with Crippen LogP contribution in [-0.4, -0.2) is 30.8 Å². The van der Waals surface area contributed by atoms with Crippen LogP contribution in [0.4, 0.5) is 11.4 Å². The molecular weight excluding hydrogens is 248 g/mol. The Labute approximate surface area is 111 Å². The van der Waals surface area contributed by atoms with Gasteiger partial charge < -0.3 is 14.8 Å². The normalized spacial score (nSPS) is 22.2. The average Bonchev–Trinajstić information content (AvgIpc) is 2.81. The van der Waals surface area contributed by atoms with Crippen molar-refractivity contribution in [3.05, 3.63) is 28.3 Å². The maximum absolute atomic E-state index is 10.9. The molecule has 0 amide bonds. The largest absolute Gasteiger partial charge is 0.490 e. The molecule has 2 unspecified atom stereocenters. The van der Waals surface area contributed by atoms with Gasteiger partial charge in [-0.15, -0.1) is 0 Å². The topological polar surface area (TPSA) is 73.6 Å². The molecule has 0 saturated carbocycles. The van der Waals surface area contributed by atoms with Gasteiger partial charge in [-0.1, -0.05) is 0 Å². The third-order valence-corrected chi connectivity index (χ3v) is 3.23. The van der Waals surface area contributed by atoms with E-state index in [-0.39, 0.29) is 17.5 Å². The van der Waals surface area contributed by atoms with Crippen LogP contribution < -0.4 is 10.1 Å². The van der Waals surface area contributed by atoms with Crippen molar-refractivity contribution in [1.82, 2.24) is 0 Å². The number of nitro benzene ring substituents is 1. The van der Waals surface area contributed by atoms with Gasteiger partial charge in [0, 0.05) is 18.3 Å². The Morgan fingerprint density at radius 2 is 2.32 bits per heavy atom. The number of nitro groups is 1. The molecule has 6 heteroatoms. The van der Waals surface area contributed by atoms with Crippen molar-refractivity contribution in [1.29, 1.82) is 0 Å². The Morgan fingerprint density at radius 3 is 2.89 bits per heavy atom. The van der Waals surface area contributed by atoms with Crippen molar-refractivity contribution in [2.24, 2.45) is 0 Å². The number of nitrogens with one attached hydrogen (secondary N) is 1. The average molecular weight is 266 g/mol. The van der Waals surface area contributed by atoms with Gasteiger partial charge in [0.1, 0.15) is 0 Å². The summed E-state index contributed by atoms with van der Waals surface area (Å²) >= 11 is 0. The standard InChI is InChI=1S/C13H18N2O4/c1-9-3-5-11(19-9)8-14-10-4-6-13(18-2)12(7-10)15(16)17/h4,6-7,9,11,14H,3,5,8H2,1-2H3. The summed E-state index contributed by atoms with van der Waals surface area (Å²) in [6.45, 7) is 2.71. The van der Waals surface area contributed by atoms with Crippen molar-refractivity contribution in [3.63, 3.8) is 0 Å². The van der Waals surface area contributed by atoms with Gasteiger partial charge in [0.15, 0.2) is 5.75 Å². The third kappa shape index (κ3) is 3.35. The summed E-state index contributed by atoms with van der Waals surface area (Å²) in [5.41, 5.74) is 0.670. The predicted molar refractivity (Wildman–Crippen MR) is 71.7 cm³/mol. The first-order valence-electron chi connectivity index (χ1n) is 6.32. The molecule has 0 spiro atoms.